The van der Waals surface area contributed by atoms with Crippen molar-refractivity contribution in [2.24, 2.45) is 5.92 Å². The number of carboxylic acids is 1. The van der Waals surface area contributed by atoms with Crippen molar-refractivity contribution in [3.63, 3.8) is 0 Å². The zero-order valence-corrected chi connectivity index (χ0v) is 29.1. The molecule has 2 saturated carbocycles. The highest BCUT2D eigenvalue weighted by Gasteiger charge is 2.68. The second kappa shape index (κ2) is 12.9. The SMILES string of the molecule is CC(=O)N1c2ccccc2N(CC(=O)NC2(C=O)CC2C(=O)O)C(=O)C2(NC(=O)c3ccc4cc(OC(O)C5=C=C=c6cc(O)ccc6=C5)ccc4c3)CC12. The Morgan fingerprint density at radius 2 is 1.71 bits per heavy atom. The molecule has 0 bridgehead atoms. The summed E-state index contributed by atoms with van der Waals surface area (Å²) in [5, 5.41) is 37.9. The molecule has 55 heavy (non-hydrogen) atoms. The standard InChI is InChI=1S/C41H32N4O10/c1-22(47)45-33-5-3-2-4-32(33)44(20-35(49)42-40(21-46)18-31(40)37(51)52)39(54)41(19-34(41)45)43-36(50)27-8-6-26-17-30(13-11-24(26)14-27)55-38(53)28-9-7-25-16-29(48)12-10-23(25)15-28/h2-6,8,10-17,21,31,34,38,48,53H,18-20H2,1H3,(H,42,49)(H,43,50)(H,51,52). The fourth-order valence-electron chi connectivity index (χ4n) is 7.42. The average Bonchev–Trinajstić information content (AvgIpc) is 4.08. The summed E-state index contributed by atoms with van der Waals surface area (Å²) in [6.07, 6.45) is 0.680. The Balaban J connectivity index is 1.03. The number of aldehydes is 1. The van der Waals surface area contributed by atoms with Gasteiger partial charge >= 0.3 is 5.97 Å². The molecule has 4 aromatic rings. The Labute approximate surface area is 311 Å². The number of carbonyl (C=O) groups excluding carboxylic acids is 5. The zero-order valence-electron chi connectivity index (χ0n) is 29.1. The molecular formula is C41H32N4O10. The van der Waals surface area contributed by atoms with Crippen LogP contribution in [-0.4, -0.2) is 81.2 Å². The smallest absolute Gasteiger partial charge is 0.309 e. The number of anilines is 2. The van der Waals surface area contributed by atoms with Gasteiger partial charge in [-0.3, -0.25) is 28.9 Å². The second-order valence-electron chi connectivity index (χ2n) is 14.0. The van der Waals surface area contributed by atoms with Crippen LogP contribution in [-0.2, 0) is 24.0 Å². The molecule has 4 aromatic carbocycles. The fraction of sp³-hybridized carbons (Fsp3) is 0.220. The predicted molar refractivity (Wildman–Crippen MR) is 196 cm³/mol. The Morgan fingerprint density at radius 1 is 0.964 bits per heavy atom. The van der Waals surface area contributed by atoms with E-state index in [9.17, 15) is 44.1 Å². The van der Waals surface area contributed by atoms with Crippen LogP contribution >= 0.6 is 0 Å². The van der Waals surface area contributed by atoms with E-state index in [0.717, 1.165) is 10.1 Å². The van der Waals surface area contributed by atoms with Crippen molar-refractivity contribution in [1.29, 1.82) is 0 Å². The first-order valence-electron chi connectivity index (χ1n) is 17.3. The molecule has 4 aliphatic rings. The van der Waals surface area contributed by atoms with Crippen LogP contribution in [0.2, 0.25) is 0 Å². The molecule has 1 aliphatic heterocycles. The van der Waals surface area contributed by atoms with Gasteiger partial charge in [0, 0.05) is 24.1 Å². The van der Waals surface area contributed by atoms with Crippen LogP contribution in [0.1, 0.15) is 30.1 Å². The van der Waals surface area contributed by atoms with Gasteiger partial charge in [0.1, 0.15) is 35.4 Å². The summed E-state index contributed by atoms with van der Waals surface area (Å²) in [4.78, 5) is 80.7. The number of benzene rings is 4. The highest BCUT2D eigenvalue weighted by molar-refractivity contribution is 6.16. The molecule has 14 heteroatoms. The van der Waals surface area contributed by atoms with Crippen molar-refractivity contribution in [2.75, 3.05) is 16.3 Å². The molecule has 5 atom stereocenters. The molecule has 3 aliphatic carbocycles. The number of carboxylic acid groups (broad SMARTS) is 1. The fourth-order valence-corrected chi connectivity index (χ4v) is 7.42. The molecule has 2 fully saturated rings. The summed E-state index contributed by atoms with van der Waals surface area (Å²) in [6.45, 7) is 0.734. The molecule has 5 unspecified atom stereocenters. The maximum Gasteiger partial charge on any atom is 0.309 e. The lowest BCUT2D eigenvalue weighted by atomic mass is 10.1. The van der Waals surface area contributed by atoms with E-state index in [-0.39, 0.29) is 35.7 Å². The van der Waals surface area contributed by atoms with Gasteiger partial charge in [0.2, 0.25) is 18.1 Å². The van der Waals surface area contributed by atoms with Gasteiger partial charge in [0.15, 0.2) is 0 Å². The molecule has 0 radical (unpaired) electrons. The van der Waals surface area contributed by atoms with Crippen LogP contribution in [0.15, 0.2) is 90.2 Å². The largest absolute Gasteiger partial charge is 0.508 e. The van der Waals surface area contributed by atoms with Gasteiger partial charge in [-0.25, -0.2) is 0 Å². The van der Waals surface area contributed by atoms with Crippen molar-refractivity contribution in [3.05, 3.63) is 106 Å². The van der Waals surface area contributed by atoms with E-state index in [1.54, 1.807) is 72.8 Å². The topological polar surface area (TPSA) is 203 Å². The van der Waals surface area contributed by atoms with Crippen molar-refractivity contribution >= 4 is 69.8 Å². The third kappa shape index (κ3) is 6.10. The van der Waals surface area contributed by atoms with Crippen LogP contribution in [0.25, 0.3) is 22.6 Å². The van der Waals surface area contributed by atoms with E-state index in [1.807, 2.05) is 0 Å². The van der Waals surface area contributed by atoms with E-state index < -0.39 is 59.6 Å². The van der Waals surface area contributed by atoms with Crippen molar-refractivity contribution in [3.8, 4) is 11.5 Å². The quantitative estimate of drug-likeness (QED) is 0.0887. The van der Waals surface area contributed by atoms with E-state index in [1.165, 1.54) is 24.0 Å². The molecule has 5 N–H and O–H groups in total. The highest BCUT2D eigenvalue weighted by atomic mass is 16.6. The Morgan fingerprint density at radius 3 is 2.44 bits per heavy atom. The number of rotatable bonds is 10. The number of nitrogens with one attached hydrogen (secondary N) is 2. The van der Waals surface area contributed by atoms with Gasteiger partial charge in [0.05, 0.1) is 28.9 Å². The average molecular weight is 741 g/mol. The normalized spacial score (nSPS) is 23.3. The number of para-hydroxylation sites is 2. The number of phenolic OH excluding ortho intramolecular Hbond substituents is 1. The molecule has 14 nitrogen and oxygen atoms in total. The number of aliphatic carboxylic acids is 1. The van der Waals surface area contributed by atoms with E-state index in [0.29, 0.717) is 39.3 Å². The molecule has 4 amide bonds. The molecule has 0 aromatic heterocycles. The number of hydrogen-bond acceptors (Lipinski definition) is 9. The Bertz CT molecular complexity index is 2610. The van der Waals surface area contributed by atoms with Gasteiger partial charge in [0.25, 0.3) is 11.8 Å². The second-order valence-corrected chi connectivity index (χ2v) is 14.0. The van der Waals surface area contributed by atoms with Crippen LogP contribution in [0.5, 0.6) is 11.5 Å². The van der Waals surface area contributed by atoms with Crippen LogP contribution in [0.4, 0.5) is 11.4 Å². The molecule has 0 saturated heterocycles. The first-order chi connectivity index (χ1) is 26.3. The van der Waals surface area contributed by atoms with Gasteiger partial charge in [-0.15, -0.1) is 0 Å². The Kier molecular flexibility index (Phi) is 8.20. The van der Waals surface area contributed by atoms with E-state index >= 15 is 0 Å². The van der Waals surface area contributed by atoms with Crippen molar-refractivity contribution in [1.82, 2.24) is 10.6 Å². The lowest BCUT2D eigenvalue weighted by Gasteiger charge is -2.27. The molecule has 0 spiro atoms. The first kappa shape index (κ1) is 35.1. The number of aromatic hydroxyl groups is 1. The zero-order chi connectivity index (χ0) is 38.8. The van der Waals surface area contributed by atoms with Gasteiger partial charge in [-0.2, -0.15) is 0 Å². The summed E-state index contributed by atoms with van der Waals surface area (Å²) in [5.74, 6) is -4.32. The lowest BCUT2D eigenvalue weighted by Crippen LogP contribution is -2.56. The number of hydrogen-bond donors (Lipinski definition) is 5. The van der Waals surface area contributed by atoms with Gasteiger partial charge in [-0.05, 0) is 77.0 Å². The summed E-state index contributed by atoms with van der Waals surface area (Å²) in [7, 11) is 0. The van der Waals surface area contributed by atoms with Crippen LogP contribution in [0.3, 0.4) is 0 Å². The molecular weight excluding hydrogens is 708 g/mol. The molecule has 8 rings (SSSR count). The number of fused-ring (bicyclic) bond motifs is 4. The Hall–Kier alpha value is -6.98. The van der Waals surface area contributed by atoms with Crippen molar-refractivity contribution < 1.29 is 48.8 Å². The molecule has 1 heterocycles. The number of ether oxygens (including phenoxy) is 1. The summed E-state index contributed by atoms with van der Waals surface area (Å²) >= 11 is 0. The monoisotopic (exact) mass is 740 g/mol. The van der Waals surface area contributed by atoms with Gasteiger partial charge < -0.3 is 40.4 Å². The summed E-state index contributed by atoms with van der Waals surface area (Å²) in [6, 6.07) is 20.4. The number of phenols is 1. The van der Waals surface area contributed by atoms with Crippen LogP contribution in [0, 0.1) is 5.92 Å². The number of carbonyl (C=O) groups is 6. The van der Waals surface area contributed by atoms with E-state index in [4.69, 9.17) is 4.74 Å². The molecule has 276 valence electrons. The number of nitrogens with zero attached hydrogens (tertiary/aromatic N) is 2. The minimum absolute atomic E-state index is 0.0639. The minimum Gasteiger partial charge on any atom is -0.508 e. The highest BCUT2D eigenvalue weighted by Crippen LogP contribution is 2.50. The minimum atomic E-state index is -1.60. The maximum atomic E-state index is 14.5. The number of aliphatic hydroxyl groups is 1. The number of amides is 4. The summed E-state index contributed by atoms with van der Waals surface area (Å²) in [5.41, 5.74) is 3.69. The van der Waals surface area contributed by atoms with Gasteiger partial charge in [-0.1, -0.05) is 41.8 Å². The number of aliphatic hydroxyl groups excluding tert-OH is 1. The first-order valence-corrected chi connectivity index (χ1v) is 17.3. The van der Waals surface area contributed by atoms with Crippen LogP contribution < -0.4 is 35.6 Å². The third-order valence-electron chi connectivity index (χ3n) is 10.4. The van der Waals surface area contributed by atoms with Crippen molar-refractivity contribution in [2.45, 2.75) is 43.2 Å². The summed E-state index contributed by atoms with van der Waals surface area (Å²) < 4.78 is 5.78. The predicted octanol–water partition coefficient (Wildman–Crippen LogP) is 0.997. The lowest BCUT2D eigenvalue weighted by molar-refractivity contribution is -0.140. The third-order valence-corrected chi connectivity index (χ3v) is 10.4. The maximum absolute atomic E-state index is 14.5. The van der Waals surface area contributed by atoms with E-state index in [2.05, 4.69) is 22.1 Å².